The van der Waals surface area contributed by atoms with Crippen LogP contribution in [0.25, 0.3) is 11.3 Å². The largest absolute Gasteiger partial charge is 0.493 e. The van der Waals surface area contributed by atoms with E-state index in [9.17, 15) is 4.79 Å². The number of hydrogen-bond acceptors (Lipinski definition) is 6. The van der Waals surface area contributed by atoms with Crippen LogP contribution in [0, 0.1) is 0 Å². The Kier molecular flexibility index (Phi) is 6.20. The number of ether oxygens (including phenoxy) is 2. The molecule has 7 heteroatoms. The Bertz CT molecular complexity index is 682. The fourth-order valence-corrected chi connectivity index (χ4v) is 2.20. The summed E-state index contributed by atoms with van der Waals surface area (Å²) in [4.78, 5) is 14.1. The first-order valence-corrected chi connectivity index (χ1v) is 7.67. The normalized spacial score (nSPS) is 10.7. The van der Waals surface area contributed by atoms with E-state index in [0.29, 0.717) is 23.8 Å². The zero-order valence-electron chi connectivity index (χ0n) is 14.5. The lowest BCUT2D eigenvalue weighted by Gasteiger charge is -2.08. The number of carbonyl (C=O) groups excluding carboxylic acids is 1. The van der Waals surface area contributed by atoms with E-state index in [4.69, 9.17) is 14.0 Å². The van der Waals surface area contributed by atoms with Crippen molar-refractivity contribution in [3.8, 4) is 22.8 Å². The van der Waals surface area contributed by atoms with Gasteiger partial charge in [-0.25, -0.2) is 0 Å². The molecule has 0 spiro atoms. The number of hydrogen-bond donors (Lipinski definition) is 1. The summed E-state index contributed by atoms with van der Waals surface area (Å²) in [7, 11) is 7.13. The second kappa shape index (κ2) is 8.35. The first-order valence-electron chi connectivity index (χ1n) is 7.67. The summed E-state index contributed by atoms with van der Waals surface area (Å²) in [6.07, 6.45) is 0.874. The highest BCUT2D eigenvalue weighted by Gasteiger charge is 2.15. The van der Waals surface area contributed by atoms with Crippen LogP contribution < -0.4 is 14.8 Å². The summed E-state index contributed by atoms with van der Waals surface area (Å²) in [5.41, 5.74) is 1.01. The van der Waals surface area contributed by atoms with Crippen molar-refractivity contribution in [2.75, 3.05) is 41.4 Å². The van der Waals surface area contributed by atoms with Gasteiger partial charge in [-0.1, -0.05) is 5.16 Å². The van der Waals surface area contributed by atoms with Crippen molar-refractivity contribution in [1.29, 1.82) is 0 Å². The van der Waals surface area contributed by atoms with Gasteiger partial charge in [0, 0.05) is 18.2 Å². The SMILES string of the molecule is COc1ccc(-c2cc(C(=O)NCCCN(C)C)no2)cc1OC. The van der Waals surface area contributed by atoms with Crippen molar-refractivity contribution in [1.82, 2.24) is 15.4 Å². The van der Waals surface area contributed by atoms with Gasteiger partial charge in [0.05, 0.1) is 14.2 Å². The number of rotatable bonds is 8. The Morgan fingerprint density at radius 1 is 1.21 bits per heavy atom. The van der Waals surface area contributed by atoms with E-state index >= 15 is 0 Å². The minimum atomic E-state index is -0.246. The third kappa shape index (κ3) is 4.48. The molecule has 24 heavy (non-hydrogen) atoms. The predicted octanol–water partition coefficient (Wildman–Crippen LogP) is 2.04. The molecule has 0 saturated carbocycles. The van der Waals surface area contributed by atoms with Crippen LogP contribution in [0.4, 0.5) is 0 Å². The molecule has 1 N–H and O–H groups in total. The van der Waals surface area contributed by atoms with Crippen LogP contribution in [0.3, 0.4) is 0 Å². The van der Waals surface area contributed by atoms with Crippen LogP contribution in [-0.2, 0) is 0 Å². The van der Waals surface area contributed by atoms with E-state index in [1.165, 1.54) is 0 Å². The second-order valence-electron chi connectivity index (χ2n) is 5.56. The Morgan fingerprint density at radius 2 is 1.96 bits per heavy atom. The number of carbonyl (C=O) groups is 1. The molecule has 0 saturated heterocycles. The lowest BCUT2D eigenvalue weighted by molar-refractivity contribution is 0.0943. The summed E-state index contributed by atoms with van der Waals surface area (Å²) < 4.78 is 15.7. The van der Waals surface area contributed by atoms with Crippen LogP contribution in [0.1, 0.15) is 16.9 Å². The highest BCUT2D eigenvalue weighted by Crippen LogP contribution is 2.32. The van der Waals surface area contributed by atoms with Gasteiger partial charge in [0.1, 0.15) is 0 Å². The maximum absolute atomic E-state index is 12.1. The number of amides is 1. The summed E-state index contributed by atoms with van der Waals surface area (Å²) in [5.74, 6) is 1.46. The van der Waals surface area contributed by atoms with Gasteiger partial charge in [-0.15, -0.1) is 0 Å². The maximum atomic E-state index is 12.1. The molecule has 1 aromatic carbocycles. The van der Waals surface area contributed by atoms with Gasteiger partial charge in [-0.2, -0.15) is 0 Å². The summed E-state index contributed by atoms with van der Waals surface area (Å²) in [6, 6.07) is 6.99. The number of nitrogens with one attached hydrogen (secondary N) is 1. The van der Waals surface area contributed by atoms with Gasteiger partial charge in [-0.3, -0.25) is 4.79 Å². The van der Waals surface area contributed by atoms with E-state index in [-0.39, 0.29) is 11.6 Å². The maximum Gasteiger partial charge on any atom is 0.273 e. The minimum absolute atomic E-state index is 0.246. The molecule has 1 amide bonds. The molecule has 0 aliphatic rings. The average Bonchev–Trinajstić information content (AvgIpc) is 3.07. The molecule has 1 aromatic heterocycles. The topological polar surface area (TPSA) is 76.8 Å². The molecule has 7 nitrogen and oxygen atoms in total. The third-order valence-corrected chi connectivity index (χ3v) is 3.48. The molecule has 0 radical (unpaired) electrons. The molecule has 0 unspecified atom stereocenters. The lowest BCUT2D eigenvalue weighted by atomic mass is 10.1. The summed E-state index contributed by atoms with van der Waals surface area (Å²) in [5, 5.41) is 6.66. The molecular formula is C17H23N3O4. The molecule has 130 valence electrons. The zero-order valence-corrected chi connectivity index (χ0v) is 14.5. The molecule has 1 heterocycles. The van der Waals surface area contributed by atoms with Crippen LogP contribution in [0.2, 0.25) is 0 Å². The first-order chi connectivity index (χ1) is 11.5. The molecule has 0 fully saturated rings. The van der Waals surface area contributed by atoms with Gasteiger partial charge < -0.3 is 24.2 Å². The molecular weight excluding hydrogens is 310 g/mol. The van der Waals surface area contributed by atoms with Gasteiger partial charge in [0.15, 0.2) is 23.0 Å². The van der Waals surface area contributed by atoms with Gasteiger partial charge in [0.25, 0.3) is 5.91 Å². The number of benzene rings is 1. The highest BCUT2D eigenvalue weighted by molar-refractivity contribution is 5.93. The van der Waals surface area contributed by atoms with Crippen molar-refractivity contribution in [3.05, 3.63) is 30.0 Å². The highest BCUT2D eigenvalue weighted by atomic mass is 16.5. The summed E-state index contributed by atoms with van der Waals surface area (Å²) in [6.45, 7) is 1.51. The van der Waals surface area contributed by atoms with Crippen LogP contribution >= 0.6 is 0 Å². The van der Waals surface area contributed by atoms with E-state index < -0.39 is 0 Å². The van der Waals surface area contributed by atoms with E-state index in [1.54, 1.807) is 32.4 Å². The average molecular weight is 333 g/mol. The number of methoxy groups -OCH3 is 2. The Hall–Kier alpha value is -2.54. The van der Waals surface area contributed by atoms with Crippen molar-refractivity contribution in [2.45, 2.75) is 6.42 Å². The fraction of sp³-hybridized carbons (Fsp3) is 0.412. The third-order valence-electron chi connectivity index (χ3n) is 3.48. The molecule has 0 aliphatic heterocycles. The van der Waals surface area contributed by atoms with Gasteiger partial charge in [-0.05, 0) is 45.3 Å². The van der Waals surface area contributed by atoms with Crippen LogP contribution in [0.5, 0.6) is 11.5 Å². The van der Waals surface area contributed by atoms with Gasteiger partial charge in [0.2, 0.25) is 0 Å². The monoisotopic (exact) mass is 333 g/mol. The minimum Gasteiger partial charge on any atom is -0.493 e. The summed E-state index contributed by atoms with van der Waals surface area (Å²) >= 11 is 0. The van der Waals surface area contributed by atoms with E-state index in [0.717, 1.165) is 18.5 Å². The Balaban J connectivity index is 2.03. The number of nitrogens with zero attached hydrogens (tertiary/aromatic N) is 2. The van der Waals surface area contributed by atoms with Crippen LogP contribution in [-0.4, -0.2) is 57.4 Å². The van der Waals surface area contributed by atoms with Crippen molar-refractivity contribution < 1.29 is 18.8 Å². The molecule has 0 aliphatic carbocycles. The standard InChI is InChI=1S/C17H23N3O4/c1-20(2)9-5-8-18-17(21)13-11-15(24-19-13)12-6-7-14(22-3)16(10-12)23-4/h6-7,10-11H,5,8-9H2,1-4H3,(H,18,21). The lowest BCUT2D eigenvalue weighted by Crippen LogP contribution is -2.27. The molecule has 0 bridgehead atoms. The Labute approximate surface area is 141 Å². The fourth-order valence-electron chi connectivity index (χ4n) is 2.20. The zero-order chi connectivity index (χ0) is 17.5. The van der Waals surface area contributed by atoms with E-state index in [2.05, 4.69) is 15.4 Å². The first kappa shape index (κ1) is 17.8. The predicted molar refractivity (Wildman–Crippen MR) is 90.5 cm³/mol. The molecule has 2 rings (SSSR count). The molecule has 2 aromatic rings. The van der Waals surface area contributed by atoms with Crippen LogP contribution in [0.15, 0.2) is 28.8 Å². The van der Waals surface area contributed by atoms with Gasteiger partial charge >= 0.3 is 0 Å². The van der Waals surface area contributed by atoms with Crippen molar-refractivity contribution in [2.24, 2.45) is 0 Å². The number of aromatic nitrogens is 1. The van der Waals surface area contributed by atoms with Crippen molar-refractivity contribution in [3.63, 3.8) is 0 Å². The smallest absolute Gasteiger partial charge is 0.273 e. The van der Waals surface area contributed by atoms with E-state index in [1.807, 2.05) is 20.2 Å². The van der Waals surface area contributed by atoms with Crippen molar-refractivity contribution >= 4 is 5.91 Å². The quantitative estimate of drug-likeness (QED) is 0.745. The molecule has 0 atom stereocenters. The second-order valence-corrected chi connectivity index (χ2v) is 5.56. The Morgan fingerprint density at radius 3 is 2.62 bits per heavy atom.